The predicted molar refractivity (Wildman–Crippen MR) is 85.7 cm³/mol. The molecule has 0 radical (unpaired) electrons. The summed E-state index contributed by atoms with van der Waals surface area (Å²) in [6, 6.07) is 0.199. The summed E-state index contributed by atoms with van der Waals surface area (Å²) in [7, 11) is 2.62. The predicted octanol–water partition coefficient (Wildman–Crippen LogP) is 1.22. The molecule has 23 heavy (non-hydrogen) atoms. The summed E-state index contributed by atoms with van der Waals surface area (Å²) in [6.45, 7) is 6.98. The van der Waals surface area contributed by atoms with E-state index in [2.05, 4.69) is 14.8 Å². The van der Waals surface area contributed by atoms with Gasteiger partial charge in [-0.1, -0.05) is 6.42 Å². The van der Waals surface area contributed by atoms with Gasteiger partial charge in [0.25, 0.3) is 12.9 Å². The van der Waals surface area contributed by atoms with Crippen LogP contribution in [0.3, 0.4) is 0 Å². The van der Waals surface area contributed by atoms with E-state index in [9.17, 15) is 4.79 Å². The minimum atomic E-state index is -0.430. The van der Waals surface area contributed by atoms with Crippen LogP contribution in [0.4, 0.5) is 4.79 Å². The Hall–Kier alpha value is -1.83. The number of nitrogens with one attached hydrogen (secondary N) is 1. The Kier molecular flexibility index (Phi) is 14.1. The second-order valence-electron chi connectivity index (χ2n) is 5.84. The molecule has 8 heteroatoms. The zero-order valence-corrected chi connectivity index (χ0v) is 14.7. The van der Waals surface area contributed by atoms with Crippen molar-refractivity contribution >= 4 is 19.0 Å². The zero-order chi connectivity index (χ0) is 18.3. The highest BCUT2D eigenvalue weighted by molar-refractivity contribution is 5.68. The third-order valence-corrected chi connectivity index (χ3v) is 2.86. The highest BCUT2D eigenvalue weighted by Crippen LogP contribution is 2.24. The highest BCUT2D eigenvalue weighted by atomic mass is 16.6. The molecule has 0 heterocycles. The number of carbonyl (C=O) groups excluding carboxylic acids is 3. The Balaban J connectivity index is 0. The average molecular weight is 334 g/mol. The van der Waals surface area contributed by atoms with Gasteiger partial charge >= 0.3 is 6.09 Å². The Morgan fingerprint density at radius 1 is 1.17 bits per heavy atom. The van der Waals surface area contributed by atoms with E-state index in [-0.39, 0.29) is 12.1 Å². The van der Waals surface area contributed by atoms with Crippen molar-refractivity contribution < 1.29 is 28.6 Å². The molecule has 1 amide bonds. The monoisotopic (exact) mass is 334 g/mol. The fourth-order valence-corrected chi connectivity index (χ4v) is 1.97. The van der Waals surface area contributed by atoms with E-state index in [1.165, 1.54) is 14.2 Å². The molecule has 0 aromatic carbocycles. The summed E-state index contributed by atoms with van der Waals surface area (Å²) in [5.41, 5.74) is 5.21. The summed E-state index contributed by atoms with van der Waals surface area (Å²) in [5.74, 6) is 0.414. The third kappa shape index (κ3) is 14.9. The molecule has 0 aromatic rings. The number of amides is 1. The van der Waals surface area contributed by atoms with E-state index in [4.69, 9.17) is 20.1 Å². The van der Waals surface area contributed by atoms with Crippen molar-refractivity contribution in [1.82, 2.24) is 5.32 Å². The van der Waals surface area contributed by atoms with Crippen LogP contribution in [0.2, 0.25) is 0 Å². The third-order valence-electron chi connectivity index (χ3n) is 2.86. The van der Waals surface area contributed by atoms with Crippen molar-refractivity contribution in [3.63, 3.8) is 0 Å². The van der Waals surface area contributed by atoms with Gasteiger partial charge in [-0.3, -0.25) is 9.59 Å². The number of carbonyl (C=O) groups is 3. The largest absolute Gasteiger partial charge is 0.471 e. The van der Waals surface area contributed by atoms with Gasteiger partial charge in [-0.15, -0.1) is 0 Å². The Morgan fingerprint density at radius 3 is 2.00 bits per heavy atom. The summed E-state index contributed by atoms with van der Waals surface area (Å²) in [5, 5.41) is 2.90. The molecule has 1 fully saturated rings. The first-order valence-corrected chi connectivity index (χ1v) is 7.38. The topological polar surface area (TPSA) is 117 Å². The number of nitrogens with two attached hydrogens (primary N) is 1. The van der Waals surface area contributed by atoms with Gasteiger partial charge < -0.3 is 25.3 Å². The molecule has 1 aliphatic rings. The minimum Gasteiger partial charge on any atom is -0.471 e. The highest BCUT2D eigenvalue weighted by Gasteiger charge is 2.28. The first-order valence-electron chi connectivity index (χ1n) is 7.38. The molecule has 1 aliphatic carbocycles. The molecule has 136 valence electrons. The number of hydrogen-bond donors (Lipinski definition) is 2. The molecule has 0 aliphatic heterocycles. The van der Waals surface area contributed by atoms with E-state index in [1.807, 2.05) is 20.8 Å². The van der Waals surface area contributed by atoms with Crippen LogP contribution < -0.4 is 11.1 Å². The van der Waals surface area contributed by atoms with E-state index in [1.54, 1.807) is 0 Å². The maximum atomic E-state index is 11.5. The minimum absolute atomic E-state index is 0.199. The average Bonchev–Trinajstić information content (AvgIpc) is 2.92. The van der Waals surface area contributed by atoms with Gasteiger partial charge in [0, 0.05) is 6.04 Å². The lowest BCUT2D eigenvalue weighted by Gasteiger charge is -2.24. The molecule has 1 rings (SSSR count). The molecule has 1 saturated carbocycles. The molecule has 0 bridgehead atoms. The van der Waals surface area contributed by atoms with Crippen LogP contribution in [0.25, 0.3) is 0 Å². The van der Waals surface area contributed by atoms with Crippen LogP contribution in [-0.2, 0) is 23.8 Å². The van der Waals surface area contributed by atoms with Crippen molar-refractivity contribution in [2.24, 2.45) is 11.7 Å². The summed E-state index contributed by atoms with van der Waals surface area (Å²) in [6.07, 6.45) is 2.94. The Bertz CT molecular complexity index is 322. The van der Waals surface area contributed by atoms with Gasteiger partial charge in [-0.2, -0.15) is 0 Å². The van der Waals surface area contributed by atoms with Gasteiger partial charge in [0.15, 0.2) is 0 Å². The zero-order valence-electron chi connectivity index (χ0n) is 14.7. The van der Waals surface area contributed by atoms with Crippen molar-refractivity contribution in [3.8, 4) is 0 Å². The molecule has 2 atom stereocenters. The van der Waals surface area contributed by atoms with Crippen LogP contribution >= 0.6 is 0 Å². The van der Waals surface area contributed by atoms with Gasteiger partial charge in [0.2, 0.25) is 0 Å². The number of hydrogen-bond acceptors (Lipinski definition) is 7. The van der Waals surface area contributed by atoms with Crippen LogP contribution in [0.5, 0.6) is 0 Å². The molecule has 0 aromatic heterocycles. The van der Waals surface area contributed by atoms with Crippen LogP contribution in [0.15, 0.2) is 0 Å². The summed E-state index contributed by atoms with van der Waals surface area (Å²) in [4.78, 5) is 29.4. The van der Waals surface area contributed by atoms with Gasteiger partial charge in [0.05, 0.1) is 14.2 Å². The number of ether oxygens (including phenoxy) is 3. The second kappa shape index (κ2) is 13.8. The molecular formula is C15H30N2O6. The van der Waals surface area contributed by atoms with E-state index >= 15 is 0 Å². The number of alkyl carbamates (subject to hydrolysis) is 1. The number of methoxy groups -OCH3 is 2. The summed E-state index contributed by atoms with van der Waals surface area (Å²) >= 11 is 0. The van der Waals surface area contributed by atoms with Crippen LogP contribution in [-0.4, -0.2) is 51.4 Å². The van der Waals surface area contributed by atoms with E-state index < -0.39 is 5.60 Å². The first-order chi connectivity index (χ1) is 10.7. The quantitative estimate of drug-likeness (QED) is 0.586. The molecule has 8 nitrogen and oxygen atoms in total. The Labute approximate surface area is 138 Å². The van der Waals surface area contributed by atoms with Crippen LogP contribution in [0, 0.1) is 5.92 Å². The van der Waals surface area contributed by atoms with E-state index in [0.29, 0.717) is 25.4 Å². The van der Waals surface area contributed by atoms with Crippen molar-refractivity contribution in [1.29, 1.82) is 0 Å². The second-order valence-corrected chi connectivity index (χ2v) is 5.84. The first kappa shape index (κ1) is 23.4. The van der Waals surface area contributed by atoms with E-state index in [0.717, 1.165) is 19.3 Å². The molecule has 0 spiro atoms. The smallest absolute Gasteiger partial charge is 0.407 e. The lowest BCUT2D eigenvalue weighted by Crippen LogP contribution is -2.42. The van der Waals surface area contributed by atoms with Crippen molar-refractivity contribution in [3.05, 3.63) is 0 Å². The fourth-order valence-electron chi connectivity index (χ4n) is 1.97. The van der Waals surface area contributed by atoms with Gasteiger partial charge in [-0.25, -0.2) is 4.79 Å². The fraction of sp³-hybridized carbons (Fsp3) is 0.800. The lowest BCUT2D eigenvalue weighted by molar-refractivity contribution is -0.126. The van der Waals surface area contributed by atoms with Crippen LogP contribution in [0.1, 0.15) is 40.0 Å². The van der Waals surface area contributed by atoms with Crippen molar-refractivity contribution in [2.45, 2.75) is 51.7 Å². The molecule has 3 N–H and O–H groups in total. The molecule has 2 unspecified atom stereocenters. The maximum absolute atomic E-state index is 11.5. The molecular weight excluding hydrogens is 304 g/mol. The number of rotatable bonds is 4. The molecule has 0 saturated heterocycles. The van der Waals surface area contributed by atoms with Crippen molar-refractivity contribution in [2.75, 3.05) is 20.8 Å². The van der Waals surface area contributed by atoms with Gasteiger partial charge in [-0.05, 0) is 46.1 Å². The Morgan fingerprint density at radius 2 is 1.65 bits per heavy atom. The maximum Gasteiger partial charge on any atom is 0.407 e. The standard InChI is InChI=1S/C11H22N2O2.2C2H4O2/c1-11(2,3)15-10(14)13-9-6-4-5-8(9)7-12;2*1-4-2-3/h8-9H,4-7,12H2,1-3H3,(H,13,14);2*2H,1H3. The van der Waals surface area contributed by atoms with Gasteiger partial charge in [0.1, 0.15) is 5.60 Å². The summed E-state index contributed by atoms with van der Waals surface area (Å²) < 4.78 is 12.9. The SMILES string of the molecule is CC(C)(C)OC(=O)NC1CCCC1CN.COC=O.COC=O. The normalized spacial score (nSPS) is 19.0. The lowest BCUT2D eigenvalue weighted by atomic mass is 10.0.